The van der Waals surface area contributed by atoms with Crippen LogP contribution in [0.1, 0.15) is 6.92 Å². The van der Waals surface area contributed by atoms with Crippen LogP contribution in [0, 0.1) is 0 Å². The van der Waals surface area contributed by atoms with E-state index in [2.05, 4.69) is 0 Å². The van der Waals surface area contributed by atoms with E-state index in [9.17, 15) is 4.39 Å². The maximum absolute atomic E-state index is 12.6. The summed E-state index contributed by atoms with van der Waals surface area (Å²) in [6, 6.07) is 0. The minimum absolute atomic E-state index is 0.0284. The van der Waals surface area contributed by atoms with Crippen LogP contribution in [-0.4, -0.2) is 41.3 Å². The first-order valence-electron chi connectivity index (χ1n) is 3.24. The van der Waals surface area contributed by atoms with Gasteiger partial charge < -0.3 is 14.9 Å². The van der Waals surface area contributed by atoms with Gasteiger partial charge in [0, 0.05) is 0 Å². The molecule has 1 aliphatic rings. The molecule has 0 bridgehead atoms. The first-order valence-corrected chi connectivity index (χ1v) is 3.24. The minimum Gasteiger partial charge on any atom is -0.388 e. The van der Waals surface area contributed by atoms with Gasteiger partial charge in [-0.1, -0.05) is 0 Å². The molecule has 0 aromatic rings. The van der Waals surface area contributed by atoms with Crippen LogP contribution in [0.3, 0.4) is 0 Å². The molecule has 1 saturated heterocycles. The fourth-order valence-corrected chi connectivity index (χ4v) is 0.927. The quantitative estimate of drug-likeness (QED) is 0.488. The first-order chi connectivity index (χ1) is 4.63. The lowest BCUT2D eigenvalue weighted by Gasteiger charge is -2.31. The van der Waals surface area contributed by atoms with Crippen LogP contribution in [0.15, 0.2) is 0 Å². The van der Waals surface area contributed by atoms with Crippen molar-refractivity contribution in [3.8, 4) is 0 Å². The van der Waals surface area contributed by atoms with Crippen molar-refractivity contribution in [3.05, 3.63) is 0 Å². The molecule has 1 rings (SSSR count). The van der Waals surface area contributed by atoms with Gasteiger partial charge in [-0.25, -0.2) is 4.39 Å². The fourth-order valence-electron chi connectivity index (χ4n) is 0.927. The molecule has 2 N–H and O–H groups in total. The highest BCUT2D eigenvalue weighted by Crippen LogP contribution is 2.17. The normalized spacial score (nSPS) is 49.2. The van der Waals surface area contributed by atoms with E-state index in [0.29, 0.717) is 0 Å². The average molecular weight is 150 g/mol. The molecule has 0 saturated carbocycles. The number of ether oxygens (including phenoxy) is 1. The van der Waals surface area contributed by atoms with Crippen molar-refractivity contribution in [1.82, 2.24) is 0 Å². The number of rotatable bonds is 0. The Morgan fingerprint density at radius 1 is 1.50 bits per heavy atom. The number of aliphatic hydroxyl groups excluding tert-OH is 2. The second kappa shape index (κ2) is 2.82. The Bertz CT molecular complexity index is 106. The molecule has 1 fully saturated rings. The van der Waals surface area contributed by atoms with Crippen molar-refractivity contribution in [1.29, 1.82) is 0 Å². The van der Waals surface area contributed by atoms with Gasteiger partial charge in [0.05, 0.1) is 12.7 Å². The zero-order valence-electron chi connectivity index (χ0n) is 5.70. The Hall–Kier alpha value is -0.190. The summed E-state index contributed by atoms with van der Waals surface area (Å²) in [5.41, 5.74) is 0. The Morgan fingerprint density at radius 2 is 2.10 bits per heavy atom. The third kappa shape index (κ3) is 1.28. The Labute approximate surface area is 58.4 Å². The Kier molecular flexibility index (Phi) is 2.23. The van der Waals surface area contributed by atoms with E-state index in [1.807, 2.05) is 0 Å². The van der Waals surface area contributed by atoms with E-state index < -0.39 is 24.5 Å². The van der Waals surface area contributed by atoms with Crippen LogP contribution in [0.5, 0.6) is 0 Å². The van der Waals surface area contributed by atoms with E-state index in [1.54, 1.807) is 6.92 Å². The third-order valence-electron chi connectivity index (χ3n) is 1.70. The highest BCUT2D eigenvalue weighted by atomic mass is 19.1. The molecule has 60 valence electrons. The standard InChI is InChI=1S/C6H11FO3/c1-3-6(9)5(7)4(8)2-10-3/h3-6,8-9H,2H2,1H3/t3-,4-,5-,6-/m0/s1. The smallest absolute Gasteiger partial charge is 0.156 e. The van der Waals surface area contributed by atoms with E-state index in [0.717, 1.165) is 0 Å². The molecule has 4 heteroatoms. The van der Waals surface area contributed by atoms with Crippen molar-refractivity contribution >= 4 is 0 Å². The molecule has 1 heterocycles. The molecule has 10 heavy (non-hydrogen) atoms. The van der Waals surface area contributed by atoms with E-state index >= 15 is 0 Å². The predicted molar refractivity (Wildman–Crippen MR) is 32.3 cm³/mol. The molecule has 0 spiro atoms. The number of alkyl halides is 1. The summed E-state index contributed by atoms with van der Waals surface area (Å²) >= 11 is 0. The summed E-state index contributed by atoms with van der Waals surface area (Å²) in [5, 5.41) is 17.8. The van der Waals surface area contributed by atoms with Crippen LogP contribution in [0.25, 0.3) is 0 Å². The van der Waals surface area contributed by atoms with Crippen LogP contribution in [0.2, 0.25) is 0 Å². The molecule has 0 aromatic carbocycles. The van der Waals surface area contributed by atoms with E-state index in [4.69, 9.17) is 14.9 Å². The van der Waals surface area contributed by atoms with Crippen LogP contribution < -0.4 is 0 Å². The summed E-state index contributed by atoms with van der Waals surface area (Å²) in [5.74, 6) is 0. The van der Waals surface area contributed by atoms with Gasteiger partial charge in [0.1, 0.15) is 12.2 Å². The molecule has 3 nitrogen and oxygen atoms in total. The van der Waals surface area contributed by atoms with Gasteiger partial charge >= 0.3 is 0 Å². The lowest BCUT2D eigenvalue weighted by atomic mass is 10.0. The largest absolute Gasteiger partial charge is 0.388 e. The van der Waals surface area contributed by atoms with E-state index in [1.165, 1.54) is 0 Å². The lowest BCUT2D eigenvalue weighted by Crippen LogP contribution is -2.49. The second-order valence-electron chi connectivity index (χ2n) is 2.54. The maximum Gasteiger partial charge on any atom is 0.156 e. The first kappa shape index (κ1) is 7.91. The number of hydrogen-bond donors (Lipinski definition) is 2. The van der Waals surface area contributed by atoms with Gasteiger partial charge in [0.25, 0.3) is 0 Å². The van der Waals surface area contributed by atoms with Gasteiger partial charge in [-0.15, -0.1) is 0 Å². The topological polar surface area (TPSA) is 49.7 Å². The van der Waals surface area contributed by atoms with Gasteiger partial charge in [-0.2, -0.15) is 0 Å². The highest BCUT2D eigenvalue weighted by molar-refractivity contribution is 4.84. The maximum atomic E-state index is 12.6. The van der Waals surface area contributed by atoms with Crippen molar-refractivity contribution in [3.63, 3.8) is 0 Å². The number of aliphatic hydroxyl groups is 2. The highest BCUT2D eigenvalue weighted by Gasteiger charge is 2.36. The van der Waals surface area contributed by atoms with Crippen molar-refractivity contribution in [2.24, 2.45) is 0 Å². The van der Waals surface area contributed by atoms with E-state index in [-0.39, 0.29) is 6.61 Å². The minimum atomic E-state index is -1.57. The molecular formula is C6H11FO3. The molecule has 0 aromatic heterocycles. The summed E-state index contributed by atoms with van der Waals surface area (Å²) in [6.07, 6.45) is -4.45. The summed E-state index contributed by atoms with van der Waals surface area (Å²) < 4.78 is 17.5. The Balaban J connectivity index is 2.52. The Morgan fingerprint density at radius 3 is 2.60 bits per heavy atom. The zero-order chi connectivity index (χ0) is 7.72. The van der Waals surface area contributed by atoms with Gasteiger partial charge in [0.15, 0.2) is 6.17 Å². The van der Waals surface area contributed by atoms with Gasteiger partial charge in [-0.05, 0) is 6.92 Å². The molecular weight excluding hydrogens is 139 g/mol. The number of hydrogen-bond acceptors (Lipinski definition) is 3. The molecule has 0 radical (unpaired) electrons. The van der Waals surface area contributed by atoms with Crippen LogP contribution in [-0.2, 0) is 4.74 Å². The molecule has 0 aliphatic carbocycles. The van der Waals surface area contributed by atoms with Crippen LogP contribution >= 0.6 is 0 Å². The second-order valence-corrected chi connectivity index (χ2v) is 2.54. The summed E-state index contributed by atoms with van der Waals surface area (Å²) in [7, 11) is 0. The van der Waals surface area contributed by atoms with Gasteiger partial charge in [-0.3, -0.25) is 0 Å². The third-order valence-corrected chi connectivity index (χ3v) is 1.70. The molecule has 0 unspecified atom stereocenters. The SMILES string of the molecule is C[C@@H]1OC[C@H](O)[C@H](F)[C@H]1O. The average Bonchev–Trinajstić information content (AvgIpc) is 1.93. The van der Waals surface area contributed by atoms with Crippen molar-refractivity contribution in [2.45, 2.75) is 31.4 Å². The molecule has 4 atom stereocenters. The lowest BCUT2D eigenvalue weighted by molar-refractivity contribution is -0.158. The summed E-state index contributed by atoms with van der Waals surface area (Å²) in [4.78, 5) is 0. The summed E-state index contributed by atoms with van der Waals surface area (Å²) in [6.45, 7) is 1.54. The van der Waals surface area contributed by atoms with Crippen molar-refractivity contribution in [2.75, 3.05) is 6.61 Å². The monoisotopic (exact) mass is 150 g/mol. The zero-order valence-corrected chi connectivity index (χ0v) is 5.70. The molecule has 0 amide bonds. The van der Waals surface area contributed by atoms with Crippen LogP contribution in [0.4, 0.5) is 4.39 Å². The van der Waals surface area contributed by atoms with Crippen molar-refractivity contribution < 1.29 is 19.3 Å². The van der Waals surface area contributed by atoms with Gasteiger partial charge in [0.2, 0.25) is 0 Å². The fraction of sp³-hybridized carbons (Fsp3) is 1.00. The number of halogens is 1. The predicted octanol–water partition coefficient (Wildman–Crippen LogP) is -0.535. The molecule has 1 aliphatic heterocycles.